The molecule has 1 N–H and O–H groups in total. The van der Waals surface area contributed by atoms with Gasteiger partial charge in [0.05, 0.1) is 30.0 Å². The Morgan fingerprint density at radius 2 is 1.70 bits per heavy atom. The zero-order valence-electron chi connectivity index (χ0n) is 24.6. The summed E-state index contributed by atoms with van der Waals surface area (Å²) in [4.78, 5) is 4.28. The summed E-state index contributed by atoms with van der Waals surface area (Å²) >= 11 is 3.28. The molecule has 212 valence electrons. The third kappa shape index (κ3) is 8.63. The number of halogens is 1. The molecule has 0 saturated heterocycles. The molecule has 0 radical (unpaired) electrons. The first-order valence-corrected chi connectivity index (χ1v) is 14.5. The van der Waals surface area contributed by atoms with E-state index in [0.717, 1.165) is 45.4 Å². The molecule has 0 unspecified atom stereocenters. The summed E-state index contributed by atoms with van der Waals surface area (Å²) < 4.78 is 11.8. The van der Waals surface area contributed by atoms with Crippen molar-refractivity contribution in [1.82, 2.24) is 0 Å². The lowest BCUT2D eigenvalue weighted by molar-refractivity contribution is 0.0702. The number of ether oxygens (including phenoxy) is 2. The number of nitriles is 1. The molecule has 0 fully saturated rings. The molecule has 0 atom stereocenters. The number of rotatable bonds is 12. The summed E-state index contributed by atoms with van der Waals surface area (Å²) in [6.45, 7) is 17.2. The van der Waals surface area contributed by atoms with Gasteiger partial charge in [-0.25, -0.2) is 4.99 Å². The van der Waals surface area contributed by atoms with E-state index >= 15 is 0 Å². The molecule has 3 aromatic carbocycles. The van der Waals surface area contributed by atoms with Crippen molar-refractivity contribution >= 4 is 22.1 Å². The van der Waals surface area contributed by atoms with Crippen molar-refractivity contribution in [2.45, 2.75) is 53.4 Å². The van der Waals surface area contributed by atoms with Crippen LogP contribution in [0.5, 0.6) is 5.75 Å². The molecule has 6 heteroatoms. The summed E-state index contributed by atoms with van der Waals surface area (Å²) in [6.07, 6.45) is 2.56. The van der Waals surface area contributed by atoms with Crippen molar-refractivity contribution in [3.05, 3.63) is 99.2 Å². The van der Waals surface area contributed by atoms with Crippen LogP contribution in [0.4, 0.5) is 0 Å². The van der Waals surface area contributed by atoms with E-state index in [1.165, 1.54) is 0 Å². The van der Waals surface area contributed by atoms with E-state index in [1.54, 1.807) is 0 Å². The van der Waals surface area contributed by atoms with E-state index in [-0.39, 0.29) is 18.6 Å². The Morgan fingerprint density at radius 3 is 2.30 bits per heavy atom. The van der Waals surface area contributed by atoms with Crippen LogP contribution in [0, 0.1) is 18.3 Å². The van der Waals surface area contributed by atoms with E-state index in [9.17, 15) is 5.26 Å². The Morgan fingerprint density at radius 1 is 1.02 bits per heavy atom. The highest BCUT2D eigenvalue weighted by atomic mass is 79.9. The molecule has 0 heterocycles. The topological polar surface area (TPSA) is 74.8 Å². The molecule has 0 saturated carbocycles. The molecular formula is C34H41BrN2O3. The summed E-state index contributed by atoms with van der Waals surface area (Å²) in [5, 5.41) is 18.8. The number of aliphatic hydroxyl groups is 1. The number of aryl methyl sites for hydroxylation is 2. The van der Waals surface area contributed by atoms with Crippen LogP contribution in [-0.4, -0.2) is 37.7 Å². The number of aliphatic hydroxyl groups excluding tert-OH is 1. The first-order chi connectivity index (χ1) is 19.2. The fraction of sp³-hybridized carbons (Fsp3) is 0.353. The highest BCUT2D eigenvalue weighted by Gasteiger charge is 2.26. The van der Waals surface area contributed by atoms with E-state index in [2.05, 4.69) is 110 Å². The zero-order valence-corrected chi connectivity index (χ0v) is 26.1. The number of hydrogen-bond donors (Lipinski definition) is 1. The third-order valence-electron chi connectivity index (χ3n) is 6.66. The molecule has 40 heavy (non-hydrogen) atoms. The second kappa shape index (κ2) is 16.1. The molecule has 0 spiro atoms. The first kappa shape index (κ1) is 33.0. The van der Waals surface area contributed by atoms with Crippen molar-refractivity contribution in [2.24, 2.45) is 4.99 Å². The second-order valence-corrected chi connectivity index (χ2v) is 10.5. The van der Waals surface area contributed by atoms with Gasteiger partial charge in [-0.05, 0) is 80.4 Å². The highest BCUT2D eigenvalue weighted by Crippen LogP contribution is 2.37. The van der Waals surface area contributed by atoms with Crippen LogP contribution in [0.15, 0.2) is 70.8 Å². The molecule has 3 aromatic rings. The zero-order chi connectivity index (χ0) is 29.7. The minimum absolute atomic E-state index is 0.0246. The van der Waals surface area contributed by atoms with Crippen LogP contribution in [0.2, 0.25) is 0 Å². The van der Waals surface area contributed by atoms with Gasteiger partial charge >= 0.3 is 0 Å². The average molecular weight is 606 g/mol. The lowest BCUT2D eigenvalue weighted by atomic mass is 9.76. The van der Waals surface area contributed by atoms with Crippen LogP contribution >= 0.6 is 15.9 Å². The molecular weight excluding hydrogens is 564 g/mol. The molecule has 0 aliphatic carbocycles. The summed E-state index contributed by atoms with van der Waals surface area (Å²) in [5.41, 5.74) is 7.84. The van der Waals surface area contributed by atoms with Crippen LogP contribution in [-0.2, 0) is 16.6 Å². The number of nitrogens with zero attached hydrogens (tertiary/aromatic N) is 2. The van der Waals surface area contributed by atoms with Crippen molar-refractivity contribution < 1.29 is 14.6 Å². The lowest BCUT2D eigenvalue weighted by Crippen LogP contribution is -2.20. The Labute approximate surface area is 248 Å². The Bertz CT molecular complexity index is 1340. The SMILES string of the molecule is C=C(Br)/N=C\c1cc(-c2ccc(C(C)(C)c3cc(C#N)c(OCCOCCO)c(CC)c3)cc2)ccc1C.CC. The lowest BCUT2D eigenvalue weighted by Gasteiger charge is -2.28. The predicted octanol–water partition coefficient (Wildman–Crippen LogP) is 8.12. The van der Waals surface area contributed by atoms with Crippen molar-refractivity contribution in [3.63, 3.8) is 0 Å². The summed E-state index contributed by atoms with van der Waals surface area (Å²) in [5.74, 6) is 0.611. The monoisotopic (exact) mass is 604 g/mol. The third-order valence-corrected chi connectivity index (χ3v) is 6.87. The van der Waals surface area contributed by atoms with Gasteiger partial charge in [0, 0.05) is 11.6 Å². The molecule has 0 aliphatic rings. The molecule has 0 bridgehead atoms. The first-order valence-electron chi connectivity index (χ1n) is 13.7. The van der Waals surface area contributed by atoms with Crippen molar-refractivity contribution in [1.29, 1.82) is 5.26 Å². The van der Waals surface area contributed by atoms with E-state index < -0.39 is 0 Å². The van der Waals surface area contributed by atoms with Gasteiger partial charge in [-0.15, -0.1) is 0 Å². The van der Waals surface area contributed by atoms with Gasteiger partial charge in [0.1, 0.15) is 18.4 Å². The molecule has 0 aliphatic heterocycles. The van der Waals surface area contributed by atoms with E-state index in [1.807, 2.05) is 26.1 Å². The minimum atomic E-state index is -0.321. The maximum atomic E-state index is 9.90. The van der Waals surface area contributed by atoms with Crippen molar-refractivity contribution in [3.8, 4) is 22.9 Å². The van der Waals surface area contributed by atoms with Crippen LogP contribution < -0.4 is 4.74 Å². The minimum Gasteiger partial charge on any atom is -0.490 e. The van der Waals surface area contributed by atoms with E-state index in [0.29, 0.717) is 29.1 Å². The van der Waals surface area contributed by atoms with Gasteiger partial charge in [-0.1, -0.05) is 83.7 Å². The maximum Gasteiger partial charge on any atom is 0.140 e. The van der Waals surface area contributed by atoms with Crippen LogP contribution in [0.25, 0.3) is 11.1 Å². The Balaban J connectivity index is 0.00000274. The van der Waals surface area contributed by atoms with Gasteiger partial charge in [0.2, 0.25) is 0 Å². The van der Waals surface area contributed by atoms with Gasteiger partial charge in [-0.3, -0.25) is 0 Å². The predicted molar refractivity (Wildman–Crippen MR) is 170 cm³/mol. The molecule has 5 nitrogen and oxygen atoms in total. The largest absolute Gasteiger partial charge is 0.490 e. The van der Waals surface area contributed by atoms with Gasteiger partial charge < -0.3 is 14.6 Å². The maximum absolute atomic E-state index is 9.90. The van der Waals surface area contributed by atoms with Gasteiger partial charge in [0.25, 0.3) is 0 Å². The van der Waals surface area contributed by atoms with Crippen LogP contribution in [0.1, 0.15) is 68.0 Å². The number of benzene rings is 3. The fourth-order valence-corrected chi connectivity index (χ4v) is 4.38. The molecule has 3 rings (SSSR count). The fourth-order valence-electron chi connectivity index (χ4n) is 4.28. The standard InChI is InChI=1S/C32H35BrN2O3.C2H6/c1-6-24-18-30(19-27(20-34)31(24)38-16-15-37-14-13-36)32(4,5)29-11-9-25(10-12-29)26-8-7-22(2)28(17-26)21-35-23(3)33;1-2/h7-12,17-19,21,36H,3,6,13-16H2,1-2,4-5H3;1-2H3/b35-21-;. The highest BCUT2D eigenvalue weighted by molar-refractivity contribution is 9.11. The number of hydrogen-bond acceptors (Lipinski definition) is 5. The smallest absolute Gasteiger partial charge is 0.140 e. The summed E-state index contributed by atoms with van der Waals surface area (Å²) in [6, 6.07) is 21.3. The number of aliphatic imine (C=N–C) groups is 1. The van der Waals surface area contributed by atoms with E-state index in [4.69, 9.17) is 14.6 Å². The van der Waals surface area contributed by atoms with Gasteiger partial charge in [0.15, 0.2) is 0 Å². The average Bonchev–Trinajstić information content (AvgIpc) is 2.97. The molecule has 0 amide bonds. The Kier molecular flexibility index (Phi) is 13.3. The second-order valence-electron chi connectivity index (χ2n) is 9.57. The van der Waals surface area contributed by atoms with Crippen molar-refractivity contribution in [2.75, 3.05) is 26.4 Å². The molecule has 0 aromatic heterocycles. The Hall–Kier alpha value is -3.24. The van der Waals surface area contributed by atoms with Gasteiger partial charge in [-0.2, -0.15) is 5.26 Å². The van der Waals surface area contributed by atoms with Crippen LogP contribution in [0.3, 0.4) is 0 Å². The summed E-state index contributed by atoms with van der Waals surface area (Å²) in [7, 11) is 0. The quantitative estimate of drug-likeness (QED) is 0.129. The normalized spacial score (nSPS) is 11.1.